The summed E-state index contributed by atoms with van der Waals surface area (Å²) in [5.41, 5.74) is 3.26. The zero-order chi connectivity index (χ0) is 28.5. The molecule has 0 aliphatic carbocycles. The molecule has 8 nitrogen and oxygen atoms in total. The van der Waals surface area contributed by atoms with Gasteiger partial charge in [-0.15, -0.1) is 0 Å². The molecule has 2 rings (SSSR count). The Bertz CT molecular complexity index is 1090. The number of anilines is 1. The van der Waals surface area contributed by atoms with E-state index in [9.17, 15) is 19.5 Å². The molecule has 0 aromatic heterocycles. The minimum absolute atomic E-state index is 0.276. The van der Waals surface area contributed by atoms with Crippen LogP contribution in [0.2, 0.25) is 0 Å². The van der Waals surface area contributed by atoms with Crippen LogP contribution in [0.5, 0.6) is 0 Å². The molecule has 3 N–H and O–H groups in total. The van der Waals surface area contributed by atoms with Crippen LogP contribution in [0, 0.1) is 20.8 Å². The SMILES string of the molecule is CCCCCN(C(=O)C(CO)NC(=O)OC(C)(C)C)C(C(=O)Nc1c(C)cccc1C)c1ccccc1C. The third-order valence-electron chi connectivity index (χ3n) is 6.23. The Labute approximate surface area is 226 Å². The highest BCUT2D eigenvalue weighted by molar-refractivity contribution is 6.00. The van der Waals surface area contributed by atoms with Gasteiger partial charge in [0.05, 0.1) is 6.61 Å². The van der Waals surface area contributed by atoms with E-state index in [2.05, 4.69) is 17.6 Å². The van der Waals surface area contributed by atoms with Crippen LogP contribution in [-0.4, -0.2) is 52.7 Å². The molecule has 208 valence electrons. The van der Waals surface area contributed by atoms with E-state index in [0.29, 0.717) is 17.7 Å². The number of aliphatic hydroxyl groups excluding tert-OH is 1. The lowest BCUT2D eigenvalue weighted by molar-refractivity contribution is -0.141. The number of ether oxygens (including phenoxy) is 1. The molecule has 0 aliphatic rings. The molecule has 0 fully saturated rings. The lowest BCUT2D eigenvalue weighted by atomic mass is 9.97. The van der Waals surface area contributed by atoms with Crippen LogP contribution in [0.4, 0.5) is 10.5 Å². The van der Waals surface area contributed by atoms with Crippen molar-refractivity contribution in [2.24, 2.45) is 0 Å². The van der Waals surface area contributed by atoms with Gasteiger partial charge in [-0.3, -0.25) is 9.59 Å². The Morgan fingerprint density at radius 1 is 0.947 bits per heavy atom. The quantitative estimate of drug-likeness (QED) is 0.350. The number of para-hydroxylation sites is 1. The Morgan fingerprint density at radius 2 is 1.55 bits per heavy atom. The Hall–Kier alpha value is -3.39. The fourth-order valence-electron chi connectivity index (χ4n) is 4.28. The molecule has 8 heteroatoms. The lowest BCUT2D eigenvalue weighted by Crippen LogP contribution is -2.54. The number of nitrogens with zero attached hydrogens (tertiary/aromatic N) is 1. The first-order valence-corrected chi connectivity index (χ1v) is 13.2. The molecular weight excluding hydrogens is 482 g/mol. The van der Waals surface area contributed by atoms with Gasteiger partial charge in [0.15, 0.2) is 0 Å². The van der Waals surface area contributed by atoms with Crippen LogP contribution >= 0.6 is 0 Å². The predicted octanol–water partition coefficient (Wildman–Crippen LogP) is 5.20. The van der Waals surface area contributed by atoms with Crippen LogP contribution in [0.1, 0.15) is 75.3 Å². The number of hydrogen-bond acceptors (Lipinski definition) is 5. The fraction of sp³-hybridized carbons (Fsp3) is 0.500. The monoisotopic (exact) mass is 525 g/mol. The first-order chi connectivity index (χ1) is 17.9. The molecule has 0 aliphatic heterocycles. The summed E-state index contributed by atoms with van der Waals surface area (Å²) in [5.74, 6) is -0.921. The number of hydrogen-bond donors (Lipinski definition) is 3. The summed E-state index contributed by atoms with van der Waals surface area (Å²) < 4.78 is 5.30. The summed E-state index contributed by atoms with van der Waals surface area (Å²) in [6.45, 7) is 12.6. The second-order valence-electron chi connectivity index (χ2n) is 10.6. The van der Waals surface area contributed by atoms with Crippen molar-refractivity contribution in [2.45, 2.75) is 85.4 Å². The summed E-state index contributed by atoms with van der Waals surface area (Å²) in [7, 11) is 0. The maximum atomic E-state index is 14.0. The van der Waals surface area contributed by atoms with E-state index in [1.807, 2.05) is 63.2 Å². The lowest BCUT2D eigenvalue weighted by Gasteiger charge is -2.35. The third-order valence-corrected chi connectivity index (χ3v) is 6.23. The van der Waals surface area contributed by atoms with Gasteiger partial charge in [-0.2, -0.15) is 0 Å². The van der Waals surface area contributed by atoms with Crippen LogP contribution in [0.25, 0.3) is 0 Å². The van der Waals surface area contributed by atoms with E-state index in [0.717, 1.165) is 29.5 Å². The van der Waals surface area contributed by atoms with E-state index in [1.165, 1.54) is 4.90 Å². The fourth-order valence-corrected chi connectivity index (χ4v) is 4.28. The van der Waals surface area contributed by atoms with Gasteiger partial charge in [-0.25, -0.2) is 4.79 Å². The zero-order valence-corrected chi connectivity index (χ0v) is 23.8. The normalized spacial score (nSPS) is 12.8. The van der Waals surface area contributed by atoms with E-state index in [-0.39, 0.29) is 12.5 Å². The standard InChI is InChI=1S/C30H43N3O5/c1-8-9-12-18-33(28(36)24(19-34)31-29(37)38-30(5,6)7)26(23-17-11-10-14-20(23)2)27(35)32-25-21(3)15-13-16-22(25)4/h10-11,13-17,24,26,34H,8-9,12,18-19H2,1-7H3,(H,31,37)(H,32,35). The van der Waals surface area contributed by atoms with Gasteiger partial charge in [0.1, 0.15) is 17.7 Å². The number of benzene rings is 2. The van der Waals surface area contributed by atoms with Crippen molar-refractivity contribution in [1.29, 1.82) is 0 Å². The van der Waals surface area contributed by atoms with Crippen molar-refractivity contribution < 1.29 is 24.2 Å². The second-order valence-corrected chi connectivity index (χ2v) is 10.6. The van der Waals surface area contributed by atoms with Crippen LogP contribution in [0.3, 0.4) is 0 Å². The largest absolute Gasteiger partial charge is 0.444 e. The highest BCUT2D eigenvalue weighted by Crippen LogP contribution is 2.29. The van der Waals surface area contributed by atoms with Gasteiger partial charge in [-0.05, 0) is 70.2 Å². The number of rotatable bonds is 11. The van der Waals surface area contributed by atoms with Crippen molar-refractivity contribution >= 4 is 23.6 Å². The molecule has 2 unspecified atom stereocenters. The molecule has 0 heterocycles. The minimum Gasteiger partial charge on any atom is -0.444 e. The number of aliphatic hydroxyl groups is 1. The number of carbonyl (C=O) groups is 3. The van der Waals surface area contributed by atoms with Gasteiger partial charge >= 0.3 is 6.09 Å². The van der Waals surface area contributed by atoms with Gasteiger partial charge in [0.25, 0.3) is 5.91 Å². The number of alkyl carbamates (subject to hydrolysis) is 1. The maximum Gasteiger partial charge on any atom is 0.408 e. The number of nitrogens with one attached hydrogen (secondary N) is 2. The van der Waals surface area contributed by atoms with E-state index < -0.39 is 36.3 Å². The van der Waals surface area contributed by atoms with Gasteiger partial charge in [-0.1, -0.05) is 62.2 Å². The topological polar surface area (TPSA) is 108 Å². The molecule has 3 amide bonds. The predicted molar refractivity (Wildman–Crippen MR) is 150 cm³/mol. The molecule has 38 heavy (non-hydrogen) atoms. The smallest absolute Gasteiger partial charge is 0.408 e. The highest BCUT2D eigenvalue weighted by Gasteiger charge is 2.36. The van der Waals surface area contributed by atoms with Gasteiger partial charge < -0.3 is 25.4 Å². The molecule has 0 spiro atoms. The average molecular weight is 526 g/mol. The second kappa shape index (κ2) is 14.0. The van der Waals surface area contributed by atoms with Gasteiger partial charge in [0, 0.05) is 12.2 Å². The summed E-state index contributed by atoms with van der Waals surface area (Å²) in [4.78, 5) is 41.8. The molecule has 0 saturated carbocycles. The van der Waals surface area contributed by atoms with Gasteiger partial charge in [0.2, 0.25) is 5.91 Å². The van der Waals surface area contributed by atoms with Crippen molar-refractivity contribution in [3.8, 4) is 0 Å². The molecule has 2 aromatic carbocycles. The van der Waals surface area contributed by atoms with Crippen molar-refractivity contribution in [1.82, 2.24) is 10.2 Å². The number of amides is 3. The van der Waals surface area contributed by atoms with Crippen LogP contribution in [0.15, 0.2) is 42.5 Å². The summed E-state index contributed by atoms with van der Waals surface area (Å²) >= 11 is 0. The van der Waals surface area contributed by atoms with Crippen LogP contribution in [-0.2, 0) is 14.3 Å². The Balaban J connectivity index is 2.53. The number of unbranched alkanes of at least 4 members (excludes halogenated alkanes) is 2. The molecule has 0 radical (unpaired) electrons. The highest BCUT2D eigenvalue weighted by atomic mass is 16.6. The first-order valence-electron chi connectivity index (χ1n) is 13.2. The molecule has 2 atom stereocenters. The number of carbonyl (C=O) groups excluding carboxylic acids is 3. The summed E-state index contributed by atoms with van der Waals surface area (Å²) in [6.07, 6.45) is 1.62. The van der Waals surface area contributed by atoms with Crippen molar-refractivity contribution in [3.63, 3.8) is 0 Å². The molecular formula is C30H43N3O5. The molecule has 2 aromatic rings. The third kappa shape index (κ3) is 8.58. The number of aryl methyl sites for hydroxylation is 3. The van der Waals surface area contributed by atoms with Crippen molar-refractivity contribution in [3.05, 3.63) is 64.7 Å². The summed E-state index contributed by atoms with van der Waals surface area (Å²) in [6, 6.07) is 10.9. The zero-order valence-electron chi connectivity index (χ0n) is 23.8. The molecule has 0 bridgehead atoms. The maximum absolute atomic E-state index is 14.0. The van der Waals surface area contributed by atoms with E-state index in [1.54, 1.807) is 20.8 Å². The Kier molecular flexibility index (Phi) is 11.3. The average Bonchev–Trinajstić information content (AvgIpc) is 2.83. The minimum atomic E-state index is -1.27. The Morgan fingerprint density at radius 3 is 2.11 bits per heavy atom. The van der Waals surface area contributed by atoms with E-state index in [4.69, 9.17) is 4.74 Å². The van der Waals surface area contributed by atoms with E-state index >= 15 is 0 Å². The summed E-state index contributed by atoms with van der Waals surface area (Å²) in [5, 5.41) is 15.6. The van der Waals surface area contributed by atoms with Crippen LogP contribution < -0.4 is 10.6 Å². The first kappa shape index (κ1) is 30.8. The molecule has 0 saturated heterocycles. The van der Waals surface area contributed by atoms with Crippen molar-refractivity contribution in [2.75, 3.05) is 18.5 Å².